The molecule has 1 aliphatic heterocycles. The lowest BCUT2D eigenvalue weighted by molar-refractivity contribution is -0.118. The van der Waals surface area contributed by atoms with Gasteiger partial charge < -0.3 is 9.88 Å². The van der Waals surface area contributed by atoms with Gasteiger partial charge in [-0.15, -0.1) is 10.2 Å². The lowest BCUT2D eigenvalue weighted by atomic mass is 9.95. The fourth-order valence-corrected chi connectivity index (χ4v) is 4.38. The summed E-state index contributed by atoms with van der Waals surface area (Å²) in [7, 11) is 0. The number of nitrogens with zero attached hydrogens (tertiary/aromatic N) is 3. The van der Waals surface area contributed by atoms with E-state index in [2.05, 4.69) is 15.5 Å². The van der Waals surface area contributed by atoms with E-state index in [-0.39, 0.29) is 11.7 Å². The van der Waals surface area contributed by atoms with Crippen LogP contribution in [0.25, 0.3) is 11.4 Å². The van der Waals surface area contributed by atoms with Crippen molar-refractivity contribution in [1.82, 2.24) is 14.8 Å². The maximum atomic E-state index is 14.7. The molecule has 1 amide bonds. The number of aryl methyl sites for hydroxylation is 1. The zero-order valence-corrected chi connectivity index (χ0v) is 17.3. The van der Waals surface area contributed by atoms with Crippen molar-refractivity contribution in [2.45, 2.75) is 50.5 Å². The van der Waals surface area contributed by atoms with E-state index in [4.69, 9.17) is 11.6 Å². The first-order valence-corrected chi connectivity index (χ1v) is 10.7. The van der Waals surface area contributed by atoms with Gasteiger partial charge in [0.15, 0.2) is 5.82 Å². The molecule has 0 atom stereocenters. The highest BCUT2D eigenvalue weighted by Gasteiger charge is 2.51. The van der Waals surface area contributed by atoms with Crippen molar-refractivity contribution >= 4 is 23.2 Å². The number of nitrogens with one attached hydrogen (secondary N) is 1. The van der Waals surface area contributed by atoms with Gasteiger partial charge in [-0.25, -0.2) is 4.39 Å². The Morgan fingerprint density at radius 2 is 1.87 bits per heavy atom. The summed E-state index contributed by atoms with van der Waals surface area (Å²) in [6, 6.07) is 12.0. The molecule has 1 N–H and O–H groups in total. The number of aromatic nitrogens is 3. The second-order valence-electron chi connectivity index (χ2n) is 8.14. The third-order valence-corrected chi connectivity index (χ3v) is 6.41. The van der Waals surface area contributed by atoms with Crippen molar-refractivity contribution in [1.29, 1.82) is 0 Å². The van der Waals surface area contributed by atoms with Gasteiger partial charge in [0.25, 0.3) is 0 Å². The molecule has 2 aliphatic rings. The van der Waals surface area contributed by atoms with E-state index in [0.29, 0.717) is 22.1 Å². The second-order valence-corrected chi connectivity index (χ2v) is 8.58. The zero-order chi connectivity index (χ0) is 20.7. The van der Waals surface area contributed by atoms with Crippen molar-refractivity contribution in [3.05, 3.63) is 64.7 Å². The molecular formula is C23H22ClFN4O. The average molecular weight is 425 g/mol. The molecule has 3 aromatic rings. The molecule has 1 aromatic heterocycles. The van der Waals surface area contributed by atoms with Crippen LogP contribution in [0.5, 0.6) is 0 Å². The highest BCUT2D eigenvalue weighted by molar-refractivity contribution is 6.30. The minimum absolute atomic E-state index is 0.0811. The van der Waals surface area contributed by atoms with Gasteiger partial charge in [-0.2, -0.15) is 0 Å². The van der Waals surface area contributed by atoms with E-state index in [1.165, 1.54) is 6.07 Å². The van der Waals surface area contributed by atoms with Gasteiger partial charge in [-0.1, -0.05) is 30.2 Å². The van der Waals surface area contributed by atoms with Crippen molar-refractivity contribution in [2.24, 2.45) is 0 Å². The Kier molecular flexibility index (Phi) is 4.82. The Balaban J connectivity index is 1.43. The first-order valence-electron chi connectivity index (χ1n) is 10.4. The standard InChI is InChI=1S/C23H22ClFN4O/c24-16-7-5-15(6-8-16)23(11-12-23)22(30)26-17-9-10-19(25)18(14-17)21-28-27-20-4-2-1-3-13-29(20)21/h5-10,14H,1-4,11-13H2,(H,26,30). The van der Waals surface area contributed by atoms with Crippen LogP contribution in [0.15, 0.2) is 42.5 Å². The van der Waals surface area contributed by atoms with Crippen molar-refractivity contribution < 1.29 is 9.18 Å². The normalized spacial score (nSPS) is 17.1. The van der Waals surface area contributed by atoms with E-state index in [9.17, 15) is 9.18 Å². The van der Waals surface area contributed by atoms with E-state index in [0.717, 1.165) is 56.5 Å². The molecule has 0 bridgehead atoms. The summed E-state index contributed by atoms with van der Waals surface area (Å²) in [5.41, 5.74) is 1.34. The molecule has 0 radical (unpaired) electrons. The van der Waals surface area contributed by atoms with Crippen LogP contribution in [0, 0.1) is 5.82 Å². The van der Waals surface area contributed by atoms with Crippen LogP contribution in [0.1, 0.15) is 43.5 Å². The Hall–Kier alpha value is -2.73. The summed E-state index contributed by atoms with van der Waals surface area (Å²) in [4.78, 5) is 13.1. The first-order chi connectivity index (χ1) is 14.6. The highest BCUT2D eigenvalue weighted by Crippen LogP contribution is 2.49. The minimum atomic E-state index is -0.537. The van der Waals surface area contributed by atoms with Crippen LogP contribution in [0.2, 0.25) is 5.02 Å². The summed E-state index contributed by atoms with van der Waals surface area (Å²) < 4.78 is 16.7. The Morgan fingerprint density at radius 1 is 1.07 bits per heavy atom. The molecule has 0 spiro atoms. The van der Waals surface area contributed by atoms with E-state index in [1.54, 1.807) is 24.3 Å². The topological polar surface area (TPSA) is 59.8 Å². The van der Waals surface area contributed by atoms with Gasteiger partial charge in [0.05, 0.1) is 11.0 Å². The summed E-state index contributed by atoms with van der Waals surface area (Å²) in [5, 5.41) is 12.2. The van der Waals surface area contributed by atoms with E-state index < -0.39 is 5.41 Å². The van der Waals surface area contributed by atoms with Gasteiger partial charge >= 0.3 is 0 Å². The molecule has 2 heterocycles. The number of benzene rings is 2. The molecule has 2 aromatic carbocycles. The predicted octanol–water partition coefficient (Wildman–Crippen LogP) is 5.13. The van der Waals surface area contributed by atoms with Crippen LogP contribution in [0.4, 0.5) is 10.1 Å². The smallest absolute Gasteiger partial charge is 0.235 e. The monoisotopic (exact) mass is 424 g/mol. The maximum Gasteiger partial charge on any atom is 0.235 e. The van der Waals surface area contributed by atoms with Gasteiger partial charge in [0, 0.05) is 23.7 Å². The summed E-state index contributed by atoms with van der Waals surface area (Å²) in [6.45, 7) is 0.785. The summed E-state index contributed by atoms with van der Waals surface area (Å²) in [6.07, 6.45) is 5.66. The van der Waals surface area contributed by atoms with Gasteiger partial charge in [-0.3, -0.25) is 4.79 Å². The lowest BCUT2D eigenvalue weighted by Gasteiger charge is -2.17. The Bertz CT molecular complexity index is 1100. The number of anilines is 1. The number of halogens is 2. The maximum absolute atomic E-state index is 14.7. The molecule has 1 fully saturated rings. The Morgan fingerprint density at radius 3 is 2.63 bits per heavy atom. The highest BCUT2D eigenvalue weighted by atomic mass is 35.5. The van der Waals surface area contributed by atoms with Gasteiger partial charge in [-0.05, 0) is 61.6 Å². The van der Waals surface area contributed by atoms with Gasteiger partial charge in [0.2, 0.25) is 5.91 Å². The minimum Gasteiger partial charge on any atom is -0.325 e. The van der Waals surface area contributed by atoms with Crippen molar-refractivity contribution in [2.75, 3.05) is 5.32 Å². The third-order valence-electron chi connectivity index (χ3n) is 6.16. The SMILES string of the molecule is O=C(Nc1ccc(F)c(-c2nnc3n2CCCCC3)c1)C1(c2ccc(Cl)cc2)CC1. The number of amides is 1. The molecular weight excluding hydrogens is 403 g/mol. The average Bonchev–Trinajstić information content (AvgIpc) is 3.51. The predicted molar refractivity (Wildman–Crippen MR) is 114 cm³/mol. The molecule has 154 valence electrons. The van der Waals surface area contributed by atoms with E-state index in [1.807, 2.05) is 16.7 Å². The van der Waals surface area contributed by atoms with Crippen LogP contribution in [0.3, 0.4) is 0 Å². The summed E-state index contributed by atoms with van der Waals surface area (Å²) >= 11 is 5.98. The number of fused-ring (bicyclic) bond motifs is 1. The number of rotatable bonds is 4. The molecule has 0 saturated heterocycles. The number of carbonyl (C=O) groups is 1. The third kappa shape index (κ3) is 3.39. The van der Waals surface area contributed by atoms with Crippen LogP contribution in [-0.4, -0.2) is 20.7 Å². The first kappa shape index (κ1) is 19.2. The largest absolute Gasteiger partial charge is 0.325 e. The van der Waals surface area contributed by atoms with Crippen molar-refractivity contribution in [3.63, 3.8) is 0 Å². The van der Waals surface area contributed by atoms with Gasteiger partial charge in [0.1, 0.15) is 11.6 Å². The molecule has 5 rings (SSSR count). The molecule has 5 nitrogen and oxygen atoms in total. The number of hydrogen-bond acceptors (Lipinski definition) is 3. The van der Waals surface area contributed by atoms with Crippen LogP contribution in [-0.2, 0) is 23.2 Å². The second kappa shape index (κ2) is 7.51. The fourth-order valence-electron chi connectivity index (χ4n) is 4.25. The Labute approximate surface area is 179 Å². The summed E-state index contributed by atoms with van der Waals surface area (Å²) in [5.74, 6) is 0.976. The lowest BCUT2D eigenvalue weighted by Crippen LogP contribution is -2.27. The molecule has 1 aliphatic carbocycles. The molecule has 7 heteroatoms. The van der Waals surface area contributed by atoms with Crippen molar-refractivity contribution in [3.8, 4) is 11.4 Å². The van der Waals surface area contributed by atoms with E-state index >= 15 is 0 Å². The molecule has 1 saturated carbocycles. The van der Waals surface area contributed by atoms with Crippen LogP contribution >= 0.6 is 11.6 Å². The quantitative estimate of drug-likeness (QED) is 0.631. The zero-order valence-electron chi connectivity index (χ0n) is 16.5. The molecule has 0 unspecified atom stereocenters. The van der Waals surface area contributed by atoms with Crippen LogP contribution < -0.4 is 5.32 Å². The fraction of sp³-hybridized carbons (Fsp3) is 0.348. The molecule has 30 heavy (non-hydrogen) atoms. The number of hydrogen-bond donors (Lipinski definition) is 1. The number of carbonyl (C=O) groups excluding carboxylic acids is 1.